The summed E-state index contributed by atoms with van der Waals surface area (Å²) in [5.41, 5.74) is 8.14. The van der Waals surface area contributed by atoms with E-state index < -0.39 is 17.8 Å². The molecular weight excluding hydrogens is 196 g/mol. The van der Waals surface area contributed by atoms with Crippen LogP contribution in [0.2, 0.25) is 0 Å². The fourth-order valence-corrected chi connectivity index (χ4v) is 0.959. The lowest BCUT2D eigenvalue weighted by Crippen LogP contribution is -2.31. The molecular formula is C10H14N2O3. The maximum absolute atomic E-state index is 11.2. The molecule has 5 heteroatoms. The Morgan fingerprint density at radius 3 is 2.87 bits per heavy atom. The van der Waals surface area contributed by atoms with Crippen molar-refractivity contribution in [1.82, 2.24) is 0 Å². The van der Waals surface area contributed by atoms with Crippen LogP contribution in [0.25, 0.3) is 5.53 Å². The van der Waals surface area contributed by atoms with Gasteiger partial charge in [-0.05, 0) is 6.42 Å². The van der Waals surface area contributed by atoms with Crippen molar-refractivity contribution >= 4 is 11.7 Å². The van der Waals surface area contributed by atoms with E-state index in [-0.39, 0.29) is 6.61 Å². The zero-order chi connectivity index (χ0) is 11.7. The molecule has 0 heterocycles. The average Bonchev–Trinajstić information content (AvgIpc) is 2.24. The lowest BCUT2D eigenvalue weighted by molar-refractivity contribution is -0.140. The number of hydrogen-bond donors (Lipinski definition) is 1. The quantitative estimate of drug-likeness (QED) is 0.226. The van der Waals surface area contributed by atoms with Gasteiger partial charge < -0.3 is 15.4 Å². The first-order chi connectivity index (χ1) is 7.17. The van der Waals surface area contributed by atoms with E-state index in [0.29, 0.717) is 6.42 Å². The van der Waals surface area contributed by atoms with Crippen LogP contribution in [0.4, 0.5) is 0 Å². The highest BCUT2D eigenvalue weighted by atomic mass is 16.5. The maximum atomic E-state index is 11.2. The van der Waals surface area contributed by atoms with Gasteiger partial charge in [-0.3, -0.25) is 0 Å². The molecule has 15 heavy (non-hydrogen) atoms. The molecule has 0 aromatic rings. The highest BCUT2D eigenvalue weighted by Crippen LogP contribution is 2.02. The second-order valence-electron chi connectivity index (χ2n) is 2.92. The van der Waals surface area contributed by atoms with Gasteiger partial charge in [-0.1, -0.05) is 25.7 Å². The van der Waals surface area contributed by atoms with E-state index in [1.54, 1.807) is 0 Å². The van der Waals surface area contributed by atoms with Gasteiger partial charge in [-0.2, -0.15) is 4.79 Å². The van der Waals surface area contributed by atoms with Crippen molar-refractivity contribution in [2.75, 3.05) is 6.61 Å². The van der Waals surface area contributed by atoms with E-state index in [2.05, 4.69) is 15.4 Å². The topological polar surface area (TPSA) is 82.9 Å². The van der Waals surface area contributed by atoms with E-state index in [1.807, 2.05) is 6.92 Å². The Hall–Kier alpha value is -1.63. The number of ether oxygens (including phenoxy) is 1. The Bertz CT molecular complexity index is 300. The molecule has 0 saturated carbocycles. The minimum absolute atomic E-state index is 0.210. The number of aliphatic hydroxyl groups is 1. The molecule has 0 bridgehead atoms. The van der Waals surface area contributed by atoms with Crippen LogP contribution in [0.1, 0.15) is 26.2 Å². The van der Waals surface area contributed by atoms with Crippen LogP contribution in [0, 0.1) is 12.3 Å². The summed E-state index contributed by atoms with van der Waals surface area (Å²) in [6.45, 7) is 1.73. The minimum atomic E-state index is -1.11. The van der Waals surface area contributed by atoms with Crippen molar-refractivity contribution in [2.24, 2.45) is 0 Å². The third-order valence-corrected chi connectivity index (χ3v) is 1.75. The second-order valence-corrected chi connectivity index (χ2v) is 2.92. The molecule has 1 atom stereocenters. The first-order valence-corrected chi connectivity index (χ1v) is 4.67. The van der Waals surface area contributed by atoms with Crippen LogP contribution in [-0.2, 0) is 9.53 Å². The highest BCUT2D eigenvalue weighted by Gasteiger charge is 2.30. The first kappa shape index (κ1) is 13.4. The van der Waals surface area contributed by atoms with Crippen molar-refractivity contribution < 1.29 is 19.4 Å². The van der Waals surface area contributed by atoms with Crippen LogP contribution < -0.4 is 0 Å². The summed E-state index contributed by atoms with van der Waals surface area (Å²) in [5, 5.41) is 9.47. The molecule has 0 rings (SSSR count). The highest BCUT2D eigenvalue weighted by molar-refractivity contribution is 6.35. The largest absolute Gasteiger partial charge is 0.444 e. The molecule has 0 aliphatic heterocycles. The van der Waals surface area contributed by atoms with E-state index in [4.69, 9.17) is 12.0 Å². The molecule has 0 saturated heterocycles. The molecule has 5 nitrogen and oxygen atoms in total. The molecule has 0 fully saturated rings. The van der Waals surface area contributed by atoms with Crippen molar-refractivity contribution in [3.63, 3.8) is 0 Å². The van der Waals surface area contributed by atoms with Gasteiger partial charge in [0.2, 0.25) is 0 Å². The molecule has 0 aliphatic carbocycles. The molecule has 0 amide bonds. The van der Waals surface area contributed by atoms with Crippen molar-refractivity contribution in [2.45, 2.75) is 32.3 Å². The normalized spacial score (nSPS) is 11.0. The summed E-state index contributed by atoms with van der Waals surface area (Å²) in [6.07, 6.45) is 5.72. The number of terminal acetylenes is 1. The number of nitrogens with zero attached hydrogens (tertiary/aromatic N) is 2. The monoisotopic (exact) mass is 210 g/mol. The summed E-state index contributed by atoms with van der Waals surface area (Å²) in [7, 11) is 0. The zero-order valence-corrected chi connectivity index (χ0v) is 8.64. The number of rotatable bonds is 6. The first-order valence-electron chi connectivity index (χ1n) is 4.67. The number of carbonyl (C=O) groups excluding carboxylic acids is 1. The SMILES string of the molecule is C#CCOC(=O)C(=[N+]=[N-])C(O)CCCC. The smallest absolute Gasteiger partial charge is 0.420 e. The number of hydrogen-bond acceptors (Lipinski definition) is 3. The molecule has 0 spiro atoms. The van der Waals surface area contributed by atoms with E-state index in [0.717, 1.165) is 12.8 Å². The Kier molecular flexibility index (Phi) is 6.90. The molecule has 0 aromatic heterocycles. The molecule has 0 aromatic carbocycles. The van der Waals surface area contributed by atoms with Crippen molar-refractivity contribution in [1.29, 1.82) is 0 Å². The lowest BCUT2D eigenvalue weighted by atomic mass is 10.1. The van der Waals surface area contributed by atoms with Gasteiger partial charge in [0, 0.05) is 0 Å². The van der Waals surface area contributed by atoms with Crippen molar-refractivity contribution in [3.05, 3.63) is 5.53 Å². The van der Waals surface area contributed by atoms with Crippen LogP contribution in [-0.4, -0.2) is 34.3 Å². The molecule has 0 aliphatic rings. The Morgan fingerprint density at radius 2 is 2.40 bits per heavy atom. The maximum Gasteiger partial charge on any atom is 0.420 e. The minimum Gasteiger partial charge on any atom is -0.444 e. The summed E-state index contributed by atoms with van der Waals surface area (Å²) < 4.78 is 4.52. The van der Waals surface area contributed by atoms with Gasteiger partial charge in [0.05, 0.1) is 0 Å². The zero-order valence-electron chi connectivity index (χ0n) is 8.64. The van der Waals surface area contributed by atoms with Gasteiger partial charge in [0.1, 0.15) is 0 Å². The van der Waals surface area contributed by atoms with E-state index in [1.165, 1.54) is 0 Å². The number of esters is 1. The van der Waals surface area contributed by atoms with Gasteiger partial charge in [0.25, 0.3) is 0 Å². The number of unbranched alkanes of at least 4 members (excludes halogenated alkanes) is 1. The average molecular weight is 210 g/mol. The Labute approximate surface area is 88.7 Å². The standard InChI is InChI=1S/C10H14N2O3/c1-3-5-6-8(13)9(12-11)10(14)15-7-4-2/h2,8,13H,3,5-7H2,1H3. The fourth-order valence-electron chi connectivity index (χ4n) is 0.959. The summed E-state index contributed by atoms with van der Waals surface area (Å²) >= 11 is 0. The van der Waals surface area contributed by atoms with Gasteiger partial charge in [-0.25, -0.2) is 4.79 Å². The summed E-state index contributed by atoms with van der Waals surface area (Å²) in [6, 6.07) is 0. The predicted molar refractivity (Wildman–Crippen MR) is 54.0 cm³/mol. The Balaban J connectivity index is 4.31. The van der Waals surface area contributed by atoms with Crippen LogP contribution in [0.15, 0.2) is 0 Å². The predicted octanol–water partition coefficient (Wildman–Crippen LogP) is 0.385. The lowest BCUT2D eigenvalue weighted by Gasteiger charge is -2.03. The molecule has 1 unspecified atom stereocenters. The van der Waals surface area contributed by atoms with E-state index in [9.17, 15) is 9.90 Å². The summed E-state index contributed by atoms with van der Waals surface area (Å²) in [5.74, 6) is 1.21. The van der Waals surface area contributed by atoms with Crippen LogP contribution in [0.3, 0.4) is 0 Å². The third kappa shape index (κ3) is 4.96. The van der Waals surface area contributed by atoms with Gasteiger partial charge in [-0.15, -0.1) is 6.42 Å². The third-order valence-electron chi connectivity index (χ3n) is 1.75. The van der Waals surface area contributed by atoms with Crippen molar-refractivity contribution in [3.8, 4) is 12.3 Å². The number of carbonyl (C=O) groups is 1. The van der Waals surface area contributed by atoms with Crippen LogP contribution in [0.5, 0.6) is 0 Å². The number of aliphatic hydroxyl groups excluding tert-OH is 1. The second kappa shape index (κ2) is 7.74. The molecule has 1 N–H and O–H groups in total. The van der Waals surface area contributed by atoms with Gasteiger partial charge >= 0.3 is 11.7 Å². The van der Waals surface area contributed by atoms with Crippen LogP contribution >= 0.6 is 0 Å². The van der Waals surface area contributed by atoms with E-state index >= 15 is 0 Å². The Morgan fingerprint density at radius 1 is 1.73 bits per heavy atom. The fraction of sp³-hybridized carbons (Fsp3) is 0.600. The van der Waals surface area contributed by atoms with Gasteiger partial charge in [0.15, 0.2) is 12.7 Å². The molecule has 0 radical (unpaired) electrons. The molecule has 82 valence electrons. The summed E-state index contributed by atoms with van der Waals surface area (Å²) in [4.78, 5) is 13.9.